The molecule has 0 N–H and O–H groups in total. The lowest BCUT2D eigenvalue weighted by molar-refractivity contribution is 0.0619. The first-order valence-electron chi connectivity index (χ1n) is 12.7. The van der Waals surface area contributed by atoms with Crippen LogP contribution in [0, 0.1) is 0 Å². The normalized spacial score (nSPS) is 14.2. The van der Waals surface area contributed by atoms with Crippen molar-refractivity contribution in [1.29, 1.82) is 0 Å². The van der Waals surface area contributed by atoms with E-state index in [0.717, 1.165) is 59.5 Å². The number of aromatic nitrogens is 2. The molecular formula is C32H17N3O3. The average molecular weight is 492 g/mol. The molecule has 38 heavy (non-hydrogen) atoms. The summed E-state index contributed by atoms with van der Waals surface area (Å²) in [4.78, 5) is 46.5. The van der Waals surface area contributed by atoms with Crippen LogP contribution in [0.2, 0.25) is 0 Å². The van der Waals surface area contributed by atoms with Crippen LogP contribution in [-0.4, -0.2) is 32.6 Å². The SMILES string of the molecule is CCN1C(=O)c2ccc3c4ccc5c(=O)n6c7ccccc7nc6c6ccc(c7ccc(c2c37)C1=O)c4c56. The predicted molar refractivity (Wildman–Crippen MR) is 150 cm³/mol. The van der Waals surface area contributed by atoms with Gasteiger partial charge in [0.1, 0.15) is 5.65 Å². The van der Waals surface area contributed by atoms with E-state index >= 15 is 0 Å². The van der Waals surface area contributed by atoms with Crippen molar-refractivity contribution >= 4 is 82.4 Å². The second-order valence-electron chi connectivity index (χ2n) is 10.1. The molecule has 6 aromatic carbocycles. The van der Waals surface area contributed by atoms with Crippen LogP contribution < -0.4 is 5.56 Å². The summed E-state index contributed by atoms with van der Waals surface area (Å²) in [7, 11) is 0. The molecule has 0 radical (unpaired) electrons. The highest BCUT2D eigenvalue weighted by molar-refractivity contribution is 6.40. The van der Waals surface area contributed by atoms with Gasteiger partial charge in [-0.2, -0.15) is 0 Å². The van der Waals surface area contributed by atoms with Crippen LogP contribution in [0.25, 0.3) is 70.5 Å². The van der Waals surface area contributed by atoms with E-state index in [-0.39, 0.29) is 17.4 Å². The number of imidazole rings is 1. The third-order valence-corrected chi connectivity index (χ3v) is 8.40. The number of amides is 2. The first-order valence-corrected chi connectivity index (χ1v) is 12.7. The van der Waals surface area contributed by atoms with E-state index in [9.17, 15) is 14.4 Å². The van der Waals surface area contributed by atoms with E-state index in [0.29, 0.717) is 28.7 Å². The van der Waals surface area contributed by atoms with E-state index in [2.05, 4.69) is 6.07 Å². The van der Waals surface area contributed by atoms with E-state index in [1.807, 2.05) is 73.7 Å². The van der Waals surface area contributed by atoms with Crippen molar-refractivity contribution in [3.05, 3.63) is 94.3 Å². The first-order chi connectivity index (χ1) is 18.6. The summed E-state index contributed by atoms with van der Waals surface area (Å²) < 4.78 is 1.72. The number of fused-ring (bicyclic) bond motifs is 6. The zero-order valence-corrected chi connectivity index (χ0v) is 20.2. The molecule has 1 aliphatic heterocycles. The van der Waals surface area contributed by atoms with Crippen molar-refractivity contribution in [1.82, 2.24) is 14.3 Å². The molecule has 6 nitrogen and oxygen atoms in total. The van der Waals surface area contributed by atoms with Crippen LogP contribution in [0.15, 0.2) is 77.6 Å². The van der Waals surface area contributed by atoms with Crippen molar-refractivity contribution in [2.45, 2.75) is 6.92 Å². The average Bonchev–Trinajstić information content (AvgIpc) is 3.34. The quantitative estimate of drug-likeness (QED) is 0.158. The van der Waals surface area contributed by atoms with Crippen molar-refractivity contribution < 1.29 is 9.59 Å². The van der Waals surface area contributed by atoms with Crippen LogP contribution in [0.1, 0.15) is 27.6 Å². The monoisotopic (exact) mass is 491 g/mol. The van der Waals surface area contributed by atoms with Crippen LogP contribution in [0.4, 0.5) is 0 Å². The summed E-state index contributed by atoms with van der Waals surface area (Å²) in [5, 5.41) is 9.03. The second kappa shape index (κ2) is 6.42. The van der Waals surface area contributed by atoms with Gasteiger partial charge in [0.15, 0.2) is 0 Å². The molecule has 3 heterocycles. The van der Waals surface area contributed by atoms with Crippen LogP contribution in [0.3, 0.4) is 0 Å². The molecule has 178 valence electrons. The fraction of sp³-hybridized carbons (Fsp3) is 0.0625. The topological polar surface area (TPSA) is 71.8 Å². The molecule has 0 saturated carbocycles. The van der Waals surface area contributed by atoms with E-state index < -0.39 is 0 Å². The molecule has 0 aliphatic carbocycles. The van der Waals surface area contributed by atoms with Gasteiger partial charge in [-0.3, -0.25) is 23.7 Å². The van der Waals surface area contributed by atoms with Gasteiger partial charge in [0.2, 0.25) is 0 Å². The van der Waals surface area contributed by atoms with E-state index in [4.69, 9.17) is 4.98 Å². The number of rotatable bonds is 1. The lowest BCUT2D eigenvalue weighted by Gasteiger charge is -2.27. The van der Waals surface area contributed by atoms with Crippen molar-refractivity contribution in [2.75, 3.05) is 6.54 Å². The van der Waals surface area contributed by atoms with Crippen LogP contribution in [0.5, 0.6) is 0 Å². The van der Waals surface area contributed by atoms with Gasteiger partial charge >= 0.3 is 0 Å². The molecule has 0 bridgehead atoms. The summed E-state index contributed by atoms with van der Waals surface area (Å²) >= 11 is 0. The fourth-order valence-electron chi connectivity index (χ4n) is 6.81. The highest BCUT2D eigenvalue weighted by Crippen LogP contribution is 2.45. The maximum absolute atomic E-state index is 13.8. The zero-order chi connectivity index (χ0) is 25.4. The van der Waals surface area contributed by atoms with Crippen LogP contribution >= 0.6 is 0 Å². The standard InChI is InChI=1S/C32H17N3O3/c1-2-34-30(36)20-12-8-17-15-7-11-19-27-22(32(38)35-24-6-4-3-5-23(24)33-29(19)35)14-10-16(25(15)27)18-9-13-21(31(34)37)28(20)26(17)18/h3-14H,2H2,1H3. The predicted octanol–water partition coefficient (Wildman–Crippen LogP) is 6.11. The molecule has 0 unspecified atom stereocenters. The maximum atomic E-state index is 13.8. The summed E-state index contributed by atoms with van der Waals surface area (Å²) in [6, 6.07) is 23.4. The third kappa shape index (κ3) is 2.06. The Balaban J connectivity index is 1.54. The minimum Gasteiger partial charge on any atom is -0.275 e. The summed E-state index contributed by atoms with van der Waals surface area (Å²) in [5.74, 6) is -0.511. The number of hydrogen-bond acceptors (Lipinski definition) is 4. The number of benzene rings is 6. The lowest BCUT2D eigenvalue weighted by atomic mass is 9.84. The van der Waals surface area contributed by atoms with Crippen molar-refractivity contribution in [3.8, 4) is 0 Å². The Morgan fingerprint density at radius 3 is 1.79 bits per heavy atom. The highest BCUT2D eigenvalue weighted by Gasteiger charge is 2.33. The zero-order valence-electron chi connectivity index (χ0n) is 20.2. The number of carbonyl (C=O) groups excluding carboxylic acids is 2. The number of imide groups is 1. The van der Waals surface area contributed by atoms with Crippen molar-refractivity contribution in [3.63, 3.8) is 0 Å². The fourth-order valence-corrected chi connectivity index (χ4v) is 6.81. The molecular weight excluding hydrogens is 474 g/mol. The number of carbonyl (C=O) groups is 2. The largest absolute Gasteiger partial charge is 0.275 e. The van der Waals surface area contributed by atoms with Gasteiger partial charge in [-0.15, -0.1) is 0 Å². The minimum atomic E-state index is -0.255. The minimum absolute atomic E-state index is 0.0863. The third-order valence-electron chi connectivity index (χ3n) is 8.40. The van der Waals surface area contributed by atoms with Gasteiger partial charge in [0.05, 0.1) is 11.0 Å². The Kier molecular flexibility index (Phi) is 3.38. The molecule has 2 aromatic heterocycles. The Labute approximate surface area is 214 Å². The van der Waals surface area contributed by atoms with Gasteiger partial charge in [-0.05, 0) is 75.6 Å². The lowest BCUT2D eigenvalue weighted by Crippen LogP contribution is -2.40. The Morgan fingerprint density at radius 2 is 1.13 bits per heavy atom. The molecule has 0 fully saturated rings. The molecule has 0 atom stereocenters. The highest BCUT2D eigenvalue weighted by atomic mass is 16.2. The van der Waals surface area contributed by atoms with Gasteiger partial charge in [-0.25, -0.2) is 4.98 Å². The Bertz CT molecular complexity index is 2380. The summed E-state index contributed by atoms with van der Waals surface area (Å²) in [6.45, 7) is 2.14. The molecule has 9 rings (SSSR count). The summed E-state index contributed by atoms with van der Waals surface area (Å²) in [5.41, 5.74) is 3.26. The molecule has 8 aromatic rings. The van der Waals surface area contributed by atoms with Crippen molar-refractivity contribution in [2.24, 2.45) is 0 Å². The number of pyridine rings is 1. The first kappa shape index (κ1) is 20.0. The van der Waals surface area contributed by atoms with Gasteiger partial charge in [0.25, 0.3) is 17.4 Å². The van der Waals surface area contributed by atoms with Gasteiger partial charge in [0, 0.05) is 39.2 Å². The van der Waals surface area contributed by atoms with E-state index in [1.54, 1.807) is 4.40 Å². The molecule has 1 aliphatic rings. The van der Waals surface area contributed by atoms with Crippen LogP contribution in [-0.2, 0) is 0 Å². The number of para-hydroxylation sites is 2. The maximum Gasteiger partial charge on any atom is 0.264 e. The molecule has 6 heteroatoms. The Hall–Kier alpha value is -5.10. The number of nitrogens with zero attached hydrogens (tertiary/aromatic N) is 3. The van der Waals surface area contributed by atoms with E-state index in [1.165, 1.54) is 4.90 Å². The smallest absolute Gasteiger partial charge is 0.264 e. The molecule has 0 saturated heterocycles. The molecule has 0 spiro atoms. The van der Waals surface area contributed by atoms with Gasteiger partial charge in [-0.1, -0.05) is 36.4 Å². The Morgan fingerprint density at radius 1 is 0.605 bits per heavy atom. The molecule has 2 amide bonds. The van der Waals surface area contributed by atoms with Gasteiger partial charge < -0.3 is 0 Å². The number of hydrogen-bond donors (Lipinski definition) is 0. The summed E-state index contributed by atoms with van der Waals surface area (Å²) in [6.07, 6.45) is 0. The second-order valence-corrected chi connectivity index (χ2v) is 10.1.